The number of nitrogens with one attached hydrogen (secondary N) is 2. The highest BCUT2D eigenvalue weighted by Gasteiger charge is 2.34. The maximum absolute atomic E-state index is 12.8. The highest BCUT2D eigenvalue weighted by atomic mass is 16.2. The molecule has 0 radical (unpaired) electrons. The number of carbonyl (C=O) groups excluding carboxylic acids is 2. The Morgan fingerprint density at radius 3 is 2.52 bits per heavy atom. The van der Waals surface area contributed by atoms with Crippen LogP contribution in [0.3, 0.4) is 0 Å². The number of benzene rings is 2. The van der Waals surface area contributed by atoms with E-state index < -0.39 is 0 Å². The normalized spacial score (nSPS) is 16.4. The highest BCUT2D eigenvalue weighted by molar-refractivity contribution is 6.02. The summed E-state index contributed by atoms with van der Waals surface area (Å²) in [7, 11) is 0. The number of amides is 2. The molecule has 1 aliphatic heterocycles. The molecule has 25 heavy (non-hydrogen) atoms. The van der Waals surface area contributed by atoms with Crippen molar-refractivity contribution < 1.29 is 9.59 Å². The Morgan fingerprint density at radius 2 is 1.80 bits per heavy atom. The second-order valence-corrected chi connectivity index (χ2v) is 6.57. The largest absolute Gasteiger partial charge is 0.363 e. The fraction of sp³-hybridized carbons (Fsp3) is 0.300. The molecule has 1 unspecified atom stereocenters. The Hall–Kier alpha value is -2.82. The summed E-state index contributed by atoms with van der Waals surface area (Å²) in [6.45, 7) is 4.03. The molecule has 0 aromatic heterocycles. The van der Waals surface area contributed by atoms with Crippen molar-refractivity contribution in [1.29, 1.82) is 0 Å². The van der Waals surface area contributed by atoms with Crippen LogP contribution < -0.4 is 10.7 Å². The molecular weight excluding hydrogens is 314 g/mol. The molecule has 3 rings (SSSR count). The van der Waals surface area contributed by atoms with Crippen molar-refractivity contribution in [3.8, 4) is 0 Å². The molecule has 1 heterocycles. The first kappa shape index (κ1) is 17.0. The number of rotatable bonds is 5. The lowest BCUT2D eigenvalue weighted by Gasteiger charge is -2.39. The lowest BCUT2D eigenvalue weighted by molar-refractivity contribution is -0.126. The lowest BCUT2D eigenvalue weighted by Crippen LogP contribution is -2.59. The van der Waals surface area contributed by atoms with Crippen LogP contribution in [0.2, 0.25) is 0 Å². The van der Waals surface area contributed by atoms with Crippen LogP contribution in [0.15, 0.2) is 54.6 Å². The predicted molar refractivity (Wildman–Crippen MR) is 97.8 cm³/mol. The van der Waals surface area contributed by atoms with Gasteiger partial charge < -0.3 is 5.32 Å². The van der Waals surface area contributed by atoms with Crippen LogP contribution in [0.25, 0.3) is 0 Å². The number of fused-ring (bicyclic) bond motifs is 1. The molecule has 0 saturated carbocycles. The quantitative estimate of drug-likeness (QED) is 0.881. The summed E-state index contributed by atoms with van der Waals surface area (Å²) < 4.78 is 0. The number of nitrogens with zero attached hydrogens (tertiary/aromatic N) is 1. The minimum Gasteiger partial charge on any atom is -0.363 e. The monoisotopic (exact) mass is 337 g/mol. The zero-order valence-electron chi connectivity index (χ0n) is 14.5. The van der Waals surface area contributed by atoms with E-state index >= 15 is 0 Å². The third-order valence-corrected chi connectivity index (χ3v) is 4.32. The predicted octanol–water partition coefficient (Wildman–Crippen LogP) is 3.20. The van der Waals surface area contributed by atoms with Crippen molar-refractivity contribution in [3.63, 3.8) is 0 Å². The van der Waals surface area contributed by atoms with Gasteiger partial charge in [-0.25, -0.2) is 5.01 Å². The molecule has 0 saturated heterocycles. The number of carbonyl (C=O) groups is 2. The summed E-state index contributed by atoms with van der Waals surface area (Å²) in [5.74, 6) is -0.197. The molecule has 2 aromatic carbocycles. The van der Waals surface area contributed by atoms with Gasteiger partial charge in [-0.1, -0.05) is 56.3 Å². The maximum atomic E-state index is 12.8. The summed E-state index contributed by atoms with van der Waals surface area (Å²) >= 11 is 0. The van der Waals surface area contributed by atoms with Gasteiger partial charge in [-0.15, -0.1) is 0 Å². The van der Waals surface area contributed by atoms with Gasteiger partial charge in [0.15, 0.2) is 0 Å². The molecule has 2 amide bonds. The van der Waals surface area contributed by atoms with Crippen molar-refractivity contribution in [2.75, 3.05) is 5.32 Å². The fourth-order valence-electron chi connectivity index (χ4n) is 2.95. The third-order valence-electron chi connectivity index (χ3n) is 4.32. The summed E-state index contributed by atoms with van der Waals surface area (Å²) in [6.07, 6.45) is 0.703. The van der Waals surface area contributed by atoms with E-state index in [0.717, 1.165) is 11.3 Å². The smallest absolute Gasteiger partial charge is 0.276 e. The summed E-state index contributed by atoms with van der Waals surface area (Å²) in [5.41, 5.74) is 5.28. The molecule has 0 spiro atoms. The fourth-order valence-corrected chi connectivity index (χ4v) is 2.95. The molecule has 5 heteroatoms. The molecule has 1 atom stereocenters. The van der Waals surface area contributed by atoms with Gasteiger partial charge in [0, 0.05) is 12.1 Å². The van der Waals surface area contributed by atoms with Gasteiger partial charge in [-0.05, 0) is 30.0 Å². The number of para-hydroxylation sites is 1. The van der Waals surface area contributed by atoms with Crippen molar-refractivity contribution in [1.82, 2.24) is 10.4 Å². The van der Waals surface area contributed by atoms with Gasteiger partial charge in [0.1, 0.15) is 6.17 Å². The van der Waals surface area contributed by atoms with Crippen LogP contribution in [0, 0.1) is 5.92 Å². The zero-order chi connectivity index (χ0) is 17.8. The van der Waals surface area contributed by atoms with Gasteiger partial charge in [0.05, 0.1) is 5.56 Å². The van der Waals surface area contributed by atoms with Crippen LogP contribution in [-0.4, -0.2) is 23.0 Å². The summed E-state index contributed by atoms with van der Waals surface area (Å²) in [4.78, 5) is 25.2. The van der Waals surface area contributed by atoms with E-state index in [4.69, 9.17) is 0 Å². The highest BCUT2D eigenvalue weighted by Crippen LogP contribution is 2.26. The van der Waals surface area contributed by atoms with Crippen LogP contribution in [0.5, 0.6) is 0 Å². The Bertz CT molecular complexity index is 759. The van der Waals surface area contributed by atoms with Gasteiger partial charge in [0.2, 0.25) is 5.91 Å². The molecule has 2 aromatic rings. The molecular formula is C20H23N3O2. The van der Waals surface area contributed by atoms with Crippen LogP contribution in [0.4, 0.5) is 5.69 Å². The van der Waals surface area contributed by atoms with Crippen molar-refractivity contribution in [2.24, 2.45) is 5.92 Å². The van der Waals surface area contributed by atoms with Crippen molar-refractivity contribution in [3.05, 3.63) is 65.7 Å². The van der Waals surface area contributed by atoms with Gasteiger partial charge in [0.25, 0.3) is 5.91 Å². The third kappa shape index (κ3) is 3.82. The Labute approximate surface area is 148 Å². The van der Waals surface area contributed by atoms with E-state index in [-0.39, 0.29) is 23.9 Å². The molecule has 1 aliphatic rings. The Balaban J connectivity index is 1.71. The average molecular weight is 337 g/mol. The van der Waals surface area contributed by atoms with E-state index in [1.807, 2.05) is 62.4 Å². The molecule has 2 N–H and O–H groups in total. The van der Waals surface area contributed by atoms with Crippen molar-refractivity contribution in [2.45, 2.75) is 32.9 Å². The minimum atomic E-state index is -0.275. The van der Waals surface area contributed by atoms with Crippen molar-refractivity contribution >= 4 is 17.5 Å². The first-order valence-corrected chi connectivity index (χ1v) is 8.59. The lowest BCUT2D eigenvalue weighted by atomic mass is 10.0. The van der Waals surface area contributed by atoms with E-state index in [0.29, 0.717) is 18.4 Å². The molecule has 130 valence electrons. The average Bonchev–Trinajstić information content (AvgIpc) is 2.63. The number of hydrogen-bond acceptors (Lipinski definition) is 3. The standard InChI is InChI=1S/C20H23N3O2/c1-14(2)19-21-17-11-7-6-10-16(17)20(25)23(19)22-18(24)13-12-15-8-4-3-5-9-15/h3-11,14,19,21H,12-13H2,1-2H3,(H,22,24). The van der Waals surface area contributed by atoms with E-state index in [1.165, 1.54) is 5.01 Å². The van der Waals surface area contributed by atoms with Gasteiger partial charge in [-0.2, -0.15) is 0 Å². The first-order chi connectivity index (χ1) is 12.1. The number of hydrogen-bond donors (Lipinski definition) is 2. The number of anilines is 1. The van der Waals surface area contributed by atoms with Gasteiger partial charge in [-0.3, -0.25) is 15.0 Å². The minimum absolute atomic E-state index is 0.145. The molecule has 0 bridgehead atoms. The second kappa shape index (κ2) is 7.38. The van der Waals surface area contributed by atoms with E-state index in [9.17, 15) is 9.59 Å². The first-order valence-electron chi connectivity index (χ1n) is 8.59. The Kier molecular flexibility index (Phi) is 5.03. The molecule has 0 aliphatic carbocycles. The molecule has 0 fully saturated rings. The van der Waals surface area contributed by atoms with Crippen LogP contribution in [0.1, 0.15) is 36.2 Å². The van der Waals surface area contributed by atoms with E-state index in [1.54, 1.807) is 6.07 Å². The topological polar surface area (TPSA) is 61.4 Å². The van der Waals surface area contributed by atoms with Crippen LogP contribution >= 0.6 is 0 Å². The zero-order valence-corrected chi connectivity index (χ0v) is 14.5. The number of aryl methyl sites for hydroxylation is 1. The SMILES string of the molecule is CC(C)C1Nc2ccccc2C(=O)N1NC(=O)CCc1ccccc1. The van der Waals surface area contributed by atoms with E-state index in [2.05, 4.69) is 10.7 Å². The summed E-state index contributed by atoms with van der Waals surface area (Å²) in [6, 6.07) is 17.2. The Morgan fingerprint density at radius 1 is 1.12 bits per heavy atom. The molecule has 5 nitrogen and oxygen atoms in total. The second-order valence-electron chi connectivity index (χ2n) is 6.57. The maximum Gasteiger partial charge on any atom is 0.276 e. The summed E-state index contributed by atoms with van der Waals surface area (Å²) in [5, 5.41) is 4.78. The van der Waals surface area contributed by atoms with Crippen LogP contribution in [-0.2, 0) is 11.2 Å². The van der Waals surface area contributed by atoms with Gasteiger partial charge >= 0.3 is 0 Å². The number of hydrazine groups is 1.